The van der Waals surface area contributed by atoms with Gasteiger partial charge >= 0.3 is 0 Å². The molecule has 0 saturated heterocycles. The fraction of sp³-hybridized carbons (Fsp3) is 0.385. The summed E-state index contributed by atoms with van der Waals surface area (Å²) in [4.78, 5) is 23.3. The first-order valence-electron chi connectivity index (χ1n) is 5.72. The third kappa shape index (κ3) is 2.16. The van der Waals surface area contributed by atoms with Crippen molar-refractivity contribution in [3.63, 3.8) is 0 Å². The van der Waals surface area contributed by atoms with Crippen LogP contribution < -0.4 is 5.56 Å². The Morgan fingerprint density at radius 2 is 2.12 bits per heavy atom. The minimum Gasteiger partial charge on any atom is -0.295 e. The van der Waals surface area contributed by atoms with Crippen LogP contribution in [0.1, 0.15) is 31.1 Å². The number of benzene rings is 1. The molecule has 2 aromatic rings. The number of rotatable bonds is 3. The summed E-state index contributed by atoms with van der Waals surface area (Å²) in [5.41, 5.74) is 1.29. The lowest BCUT2D eigenvalue weighted by Gasteiger charge is -2.03. The maximum Gasteiger partial charge on any atom is 0.274 e. The van der Waals surface area contributed by atoms with E-state index in [0.717, 1.165) is 5.52 Å². The Morgan fingerprint density at radius 3 is 2.71 bits per heavy atom. The van der Waals surface area contributed by atoms with Crippen molar-refractivity contribution in [3.8, 4) is 0 Å². The number of nitrogens with one attached hydrogen (secondary N) is 1. The van der Waals surface area contributed by atoms with Crippen LogP contribution in [0.2, 0.25) is 0 Å². The van der Waals surface area contributed by atoms with Crippen molar-refractivity contribution in [1.29, 1.82) is 0 Å². The molecule has 0 amide bonds. The van der Waals surface area contributed by atoms with E-state index in [0.29, 0.717) is 23.4 Å². The number of fused-ring (bicyclic) bond motifs is 1. The molecule has 90 valence electrons. The number of carbonyl (C=O) groups is 1. The summed E-state index contributed by atoms with van der Waals surface area (Å²) < 4.78 is 1.60. The van der Waals surface area contributed by atoms with Gasteiger partial charge in [0.1, 0.15) is 0 Å². The van der Waals surface area contributed by atoms with Gasteiger partial charge in [0.2, 0.25) is 0 Å². The van der Waals surface area contributed by atoms with Gasteiger partial charge in [-0.1, -0.05) is 13.8 Å². The van der Waals surface area contributed by atoms with Crippen LogP contribution in [0.3, 0.4) is 0 Å². The van der Waals surface area contributed by atoms with Gasteiger partial charge < -0.3 is 0 Å². The van der Waals surface area contributed by atoms with Crippen molar-refractivity contribution in [2.45, 2.75) is 27.3 Å². The zero-order valence-electron chi connectivity index (χ0n) is 10.3. The molecular formula is C13H16N2O2. The zero-order valence-corrected chi connectivity index (χ0v) is 10.3. The van der Waals surface area contributed by atoms with Gasteiger partial charge in [0.25, 0.3) is 5.56 Å². The number of ketones is 1. The van der Waals surface area contributed by atoms with E-state index in [1.54, 1.807) is 22.9 Å². The third-order valence-electron chi connectivity index (χ3n) is 2.70. The van der Waals surface area contributed by atoms with Crippen molar-refractivity contribution in [2.75, 3.05) is 0 Å². The summed E-state index contributed by atoms with van der Waals surface area (Å²) in [6.07, 6.45) is 0. The van der Waals surface area contributed by atoms with Crippen LogP contribution in [0.5, 0.6) is 0 Å². The predicted octanol–water partition coefficient (Wildman–Crippen LogP) is 2.19. The standard InChI is InChI=1S/C13H16N2O2/c1-8(2)7-15-13(17)11-6-10(9(3)16)4-5-12(11)14-15/h4-6,8,14H,7H2,1-3H3. The fourth-order valence-corrected chi connectivity index (χ4v) is 1.87. The molecule has 4 heteroatoms. The molecule has 0 spiro atoms. The highest BCUT2D eigenvalue weighted by atomic mass is 16.1. The van der Waals surface area contributed by atoms with Gasteiger partial charge in [-0.05, 0) is 31.0 Å². The van der Waals surface area contributed by atoms with Crippen molar-refractivity contribution >= 4 is 16.7 Å². The first-order chi connectivity index (χ1) is 7.99. The topological polar surface area (TPSA) is 54.9 Å². The first kappa shape index (κ1) is 11.6. The van der Waals surface area contributed by atoms with Crippen LogP contribution in [0.4, 0.5) is 0 Å². The second-order valence-electron chi connectivity index (χ2n) is 4.74. The molecule has 1 aromatic carbocycles. The molecule has 0 aliphatic heterocycles. The van der Waals surface area contributed by atoms with Gasteiger partial charge in [-0.25, -0.2) is 0 Å². The zero-order chi connectivity index (χ0) is 12.6. The van der Waals surface area contributed by atoms with Gasteiger partial charge in [-0.3, -0.25) is 19.4 Å². The lowest BCUT2D eigenvalue weighted by molar-refractivity contribution is 0.101. The Bertz CT molecular complexity index is 620. The fourth-order valence-electron chi connectivity index (χ4n) is 1.87. The summed E-state index contributed by atoms with van der Waals surface area (Å²) in [6.45, 7) is 6.27. The molecule has 1 N–H and O–H groups in total. The minimum absolute atomic E-state index is 0.0251. The molecule has 0 aliphatic rings. The number of H-pyrrole nitrogens is 1. The maximum absolute atomic E-state index is 12.1. The summed E-state index contributed by atoms with van der Waals surface area (Å²) >= 11 is 0. The minimum atomic E-state index is -0.0585. The smallest absolute Gasteiger partial charge is 0.274 e. The Labute approximate surface area is 99.2 Å². The number of carbonyl (C=O) groups excluding carboxylic acids is 1. The monoisotopic (exact) mass is 232 g/mol. The van der Waals surface area contributed by atoms with Gasteiger partial charge in [0.05, 0.1) is 10.9 Å². The number of Topliss-reactive ketones (excluding diaryl/α,β-unsaturated/α-hetero) is 1. The number of hydrogen-bond acceptors (Lipinski definition) is 2. The summed E-state index contributed by atoms with van der Waals surface area (Å²) in [5.74, 6) is 0.371. The number of nitrogens with zero attached hydrogens (tertiary/aromatic N) is 1. The lowest BCUT2D eigenvalue weighted by atomic mass is 10.1. The van der Waals surface area contributed by atoms with Crippen molar-refractivity contribution in [2.24, 2.45) is 5.92 Å². The first-order valence-corrected chi connectivity index (χ1v) is 5.72. The largest absolute Gasteiger partial charge is 0.295 e. The normalized spacial score (nSPS) is 11.3. The highest BCUT2D eigenvalue weighted by Crippen LogP contribution is 2.11. The molecule has 2 rings (SSSR count). The van der Waals surface area contributed by atoms with E-state index in [1.807, 2.05) is 0 Å². The molecule has 1 heterocycles. The van der Waals surface area contributed by atoms with Gasteiger partial charge in [0.15, 0.2) is 5.78 Å². The highest BCUT2D eigenvalue weighted by molar-refractivity contribution is 5.97. The second kappa shape index (κ2) is 4.20. The van der Waals surface area contributed by atoms with Crippen LogP contribution in [0.25, 0.3) is 10.9 Å². The van der Waals surface area contributed by atoms with Gasteiger partial charge in [0, 0.05) is 12.1 Å². The molecular weight excluding hydrogens is 216 g/mol. The van der Waals surface area contributed by atoms with Crippen LogP contribution in [0.15, 0.2) is 23.0 Å². The molecule has 0 bridgehead atoms. The van der Waals surface area contributed by atoms with E-state index in [9.17, 15) is 9.59 Å². The number of hydrogen-bond donors (Lipinski definition) is 1. The Hall–Kier alpha value is -1.84. The Morgan fingerprint density at radius 1 is 1.41 bits per heavy atom. The van der Waals surface area contributed by atoms with Gasteiger partial charge in [-0.15, -0.1) is 0 Å². The highest BCUT2D eigenvalue weighted by Gasteiger charge is 2.09. The van der Waals surface area contributed by atoms with Gasteiger partial charge in [-0.2, -0.15) is 0 Å². The lowest BCUT2D eigenvalue weighted by Crippen LogP contribution is -2.19. The average molecular weight is 232 g/mol. The van der Waals surface area contributed by atoms with Crippen LogP contribution in [-0.4, -0.2) is 15.6 Å². The molecule has 17 heavy (non-hydrogen) atoms. The number of aromatic amines is 1. The molecule has 1 aromatic heterocycles. The maximum atomic E-state index is 12.1. The van der Waals surface area contributed by atoms with E-state index >= 15 is 0 Å². The van der Waals surface area contributed by atoms with E-state index in [1.165, 1.54) is 6.92 Å². The Kier molecular flexibility index (Phi) is 2.88. The van der Waals surface area contributed by atoms with E-state index in [-0.39, 0.29) is 11.3 Å². The van der Waals surface area contributed by atoms with E-state index in [2.05, 4.69) is 18.9 Å². The quantitative estimate of drug-likeness (QED) is 0.825. The molecule has 0 saturated carbocycles. The van der Waals surface area contributed by atoms with Crippen molar-refractivity contribution in [3.05, 3.63) is 34.1 Å². The van der Waals surface area contributed by atoms with Crippen molar-refractivity contribution < 1.29 is 4.79 Å². The Balaban J connectivity index is 2.59. The van der Waals surface area contributed by atoms with Crippen LogP contribution in [-0.2, 0) is 6.54 Å². The van der Waals surface area contributed by atoms with Crippen molar-refractivity contribution in [1.82, 2.24) is 9.78 Å². The average Bonchev–Trinajstić information content (AvgIpc) is 2.55. The summed E-state index contributed by atoms with van der Waals surface area (Å²) in [7, 11) is 0. The third-order valence-corrected chi connectivity index (χ3v) is 2.70. The van der Waals surface area contributed by atoms with Crippen LogP contribution >= 0.6 is 0 Å². The predicted molar refractivity (Wildman–Crippen MR) is 67.4 cm³/mol. The molecule has 0 aliphatic carbocycles. The SMILES string of the molecule is CC(=O)c1ccc2[nH]n(CC(C)C)c(=O)c2c1. The van der Waals surface area contributed by atoms with Crippen LogP contribution in [0, 0.1) is 5.92 Å². The summed E-state index contributed by atoms with van der Waals surface area (Å²) in [5, 5.41) is 3.64. The van der Waals surface area contributed by atoms with E-state index in [4.69, 9.17) is 0 Å². The summed E-state index contributed by atoms with van der Waals surface area (Å²) in [6, 6.07) is 5.18. The molecule has 4 nitrogen and oxygen atoms in total. The number of aromatic nitrogens is 2. The second-order valence-corrected chi connectivity index (χ2v) is 4.74. The molecule has 0 unspecified atom stereocenters. The van der Waals surface area contributed by atoms with E-state index < -0.39 is 0 Å². The molecule has 0 atom stereocenters. The molecule has 0 radical (unpaired) electrons. The molecule has 0 fully saturated rings.